The van der Waals surface area contributed by atoms with Crippen molar-refractivity contribution >= 4 is 37.5 Å². The number of hydrogen-bond donors (Lipinski definition) is 0. The van der Waals surface area contributed by atoms with E-state index in [-0.39, 0.29) is 0 Å². The number of aromatic nitrogens is 1. The van der Waals surface area contributed by atoms with Gasteiger partial charge in [0.15, 0.2) is 0 Å². The molecular formula is C12H13BrN2S. The number of fused-ring (bicyclic) bond motifs is 1. The lowest BCUT2D eigenvalue weighted by Gasteiger charge is -2.15. The lowest BCUT2D eigenvalue weighted by atomic mass is 10.2. The zero-order valence-electron chi connectivity index (χ0n) is 9.11. The Kier molecular flexibility index (Phi) is 2.73. The van der Waals surface area contributed by atoms with Crippen LogP contribution >= 0.6 is 27.3 Å². The van der Waals surface area contributed by atoms with Gasteiger partial charge in [0.05, 0.1) is 16.3 Å². The number of rotatable bonds is 1. The largest absolute Gasteiger partial charge is 0.297 e. The third kappa shape index (κ3) is 1.79. The summed E-state index contributed by atoms with van der Waals surface area (Å²) >= 11 is 5.32. The molecule has 3 rings (SSSR count). The van der Waals surface area contributed by atoms with Gasteiger partial charge in [-0.1, -0.05) is 15.9 Å². The van der Waals surface area contributed by atoms with Crippen LogP contribution in [0.5, 0.6) is 0 Å². The fraction of sp³-hybridized carbons (Fsp3) is 0.417. The third-order valence-electron chi connectivity index (χ3n) is 3.17. The maximum atomic E-state index is 4.75. The molecule has 0 aliphatic carbocycles. The van der Waals surface area contributed by atoms with Crippen LogP contribution in [0.25, 0.3) is 10.2 Å². The Hall–Kier alpha value is -0.450. The number of benzene rings is 1. The minimum absolute atomic E-state index is 0.538. The minimum atomic E-state index is 0.538. The molecule has 0 amide bonds. The van der Waals surface area contributed by atoms with Gasteiger partial charge in [-0.15, -0.1) is 11.3 Å². The quantitative estimate of drug-likeness (QED) is 0.795. The van der Waals surface area contributed by atoms with Gasteiger partial charge in [-0.25, -0.2) is 4.98 Å². The van der Waals surface area contributed by atoms with Gasteiger partial charge in [0.2, 0.25) is 0 Å². The molecule has 16 heavy (non-hydrogen) atoms. The summed E-state index contributed by atoms with van der Waals surface area (Å²) in [5.74, 6) is 0. The molecule has 1 saturated heterocycles. The molecule has 2 aromatic rings. The second kappa shape index (κ2) is 4.09. The highest BCUT2D eigenvalue weighted by Crippen LogP contribution is 2.35. The Bertz CT molecular complexity index is 523. The molecule has 4 heteroatoms. The van der Waals surface area contributed by atoms with E-state index in [9.17, 15) is 0 Å². The molecule has 1 unspecified atom stereocenters. The first-order valence-corrected chi connectivity index (χ1v) is 7.11. The predicted molar refractivity (Wildman–Crippen MR) is 71.9 cm³/mol. The van der Waals surface area contributed by atoms with Crippen molar-refractivity contribution in [2.75, 3.05) is 13.6 Å². The van der Waals surface area contributed by atoms with Gasteiger partial charge in [0, 0.05) is 4.47 Å². The second-order valence-electron chi connectivity index (χ2n) is 4.30. The number of hydrogen-bond acceptors (Lipinski definition) is 3. The van der Waals surface area contributed by atoms with E-state index in [1.54, 1.807) is 0 Å². The van der Waals surface area contributed by atoms with Crippen molar-refractivity contribution in [2.24, 2.45) is 0 Å². The molecule has 0 saturated carbocycles. The summed E-state index contributed by atoms with van der Waals surface area (Å²) in [4.78, 5) is 7.16. The highest BCUT2D eigenvalue weighted by atomic mass is 79.9. The number of thiazole rings is 1. The van der Waals surface area contributed by atoms with E-state index in [0.29, 0.717) is 6.04 Å². The Balaban J connectivity index is 2.04. The Labute approximate surface area is 107 Å². The molecule has 2 heterocycles. The summed E-state index contributed by atoms with van der Waals surface area (Å²) in [6.45, 7) is 1.20. The van der Waals surface area contributed by atoms with Crippen molar-refractivity contribution in [3.63, 3.8) is 0 Å². The van der Waals surface area contributed by atoms with Gasteiger partial charge >= 0.3 is 0 Å². The summed E-state index contributed by atoms with van der Waals surface area (Å²) in [5, 5.41) is 1.27. The highest BCUT2D eigenvalue weighted by Gasteiger charge is 2.25. The lowest BCUT2D eigenvalue weighted by Crippen LogP contribution is -2.17. The van der Waals surface area contributed by atoms with E-state index in [2.05, 4.69) is 46.1 Å². The average Bonchev–Trinajstić information content (AvgIpc) is 2.82. The van der Waals surface area contributed by atoms with Crippen molar-refractivity contribution in [2.45, 2.75) is 18.9 Å². The van der Waals surface area contributed by atoms with E-state index in [1.807, 2.05) is 11.3 Å². The van der Waals surface area contributed by atoms with Crippen LogP contribution in [0.2, 0.25) is 0 Å². The third-order valence-corrected chi connectivity index (χ3v) is 4.80. The van der Waals surface area contributed by atoms with E-state index >= 15 is 0 Å². The smallest absolute Gasteiger partial charge is 0.111 e. The molecule has 84 valence electrons. The van der Waals surface area contributed by atoms with Gasteiger partial charge in [-0.3, -0.25) is 4.90 Å². The highest BCUT2D eigenvalue weighted by molar-refractivity contribution is 9.10. The van der Waals surface area contributed by atoms with Gasteiger partial charge in [-0.05, 0) is 44.6 Å². The topological polar surface area (TPSA) is 16.1 Å². The minimum Gasteiger partial charge on any atom is -0.297 e. The predicted octanol–water partition coefficient (Wildman–Crippen LogP) is 3.83. The van der Waals surface area contributed by atoms with E-state index < -0.39 is 0 Å². The summed E-state index contributed by atoms with van der Waals surface area (Å²) in [5.41, 5.74) is 1.12. The van der Waals surface area contributed by atoms with Crippen molar-refractivity contribution in [1.29, 1.82) is 0 Å². The van der Waals surface area contributed by atoms with Gasteiger partial charge < -0.3 is 0 Å². The number of halogens is 1. The maximum absolute atomic E-state index is 4.75. The number of nitrogens with zero attached hydrogens (tertiary/aromatic N) is 2. The van der Waals surface area contributed by atoms with E-state index in [1.165, 1.54) is 29.1 Å². The van der Waals surface area contributed by atoms with Crippen LogP contribution in [0, 0.1) is 0 Å². The second-order valence-corrected chi connectivity index (χ2v) is 6.28. The zero-order chi connectivity index (χ0) is 11.1. The molecule has 1 atom stereocenters. The van der Waals surface area contributed by atoms with Crippen LogP contribution in [0.3, 0.4) is 0 Å². The van der Waals surface area contributed by atoms with Crippen molar-refractivity contribution in [3.8, 4) is 0 Å². The molecule has 0 N–H and O–H groups in total. The number of likely N-dealkylation sites (tertiary alicyclic amines) is 1. The fourth-order valence-corrected chi connectivity index (χ4v) is 3.78. The van der Waals surface area contributed by atoms with Crippen LogP contribution in [-0.2, 0) is 0 Å². The Morgan fingerprint density at radius 3 is 3.12 bits per heavy atom. The van der Waals surface area contributed by atoms with Crippen LogP contribution < -0.4 is 0 Å². The Morgan fingerprint density at radius 1 is 1.50 bits per heavy atom. The molecule has 1 fully saturated rings. The molecule has 1 aromatic carbocycles. The fourth-order valence-electron chi connectivity index (χ4n) is 2.28. The SMILES string of the molecule is CN1CCCC1c1nc2cc(Br)ccc2s1. The molecule has 0 radical (unpaired) electrons. The molecule has 1 aromatic heterocycles. The normalized spacial score (nSPS) is 22.0. The van der Waals surface area contributed by atoms with Crippen LogP contribution in [0.1, 0.15) is 23.9 Å². The Morgan fingerprint density at radius 2 is 2.38 bits per heavy atom. The first kappa shape index (κ1) is 10.7. The van der Waals surface area contributed by atoms with Gasteiger partial charge in [0.25, 0.3) is 0 Å². The average molecular weight is 297 g/mol. The molecular weight excluding hydrogens is 284 g/mol. The first-order chi connectivity index (χ1) is 7.74. The molecule has 1 aliphatic rings. The maximum Gasteiger partial charge on any atom is 0.111 e. The van der Waals surface area contributed by atoms with Gasteiger partial charge in [-0.2, -0.15) is 0 Å². The zero-order valence-corrected chi connectivity index (χ0v) is 11.5. The summed E-state index contributed by atoms with van der Waals surface area (Å²) in [7, 11) is 2.19. The molecule has 2 nitrogen and oxygen atoms in total. The molecule has 1 aliphatic heterocycles. The summed E-state index contributed by atoms with van der Waals surface area (Å²) in [6, 6.07) is 6.87. The lowest BCUT2D eigenvalue weighted by molar-refractivity contribution is 0.317. The molecule has 0 spiro atoms. The van der Waals surface area contributed by atoms with Crippen molar-refractivity contribution < 1.29 is 0 Å². The van der Waals surface area contributed by atoms with Crippen molar-refractivity contribution in [3.05, 3.63) is 27.7 Å². The first-order valence-electron chi connectivity index (χ1n) is 5.50. The van der Waals surface area contributed by atoms with Crippen molar-refractivity contribution in [1.82, 2.24) is 9.88 Å². The standard InChI is InChI=1S/C12H13BrN2S/c1-15-6-2-3-10(15)12-14-9-7-8(13)4-5-11(9)16-12/h4-5,7,10H,2-3,6H2,1H3. The van der Waals surface area contributed by atoms with Crippen LogP contribution in [-0.4, -0.2) is 23.5 Å². The van der Waals surface area contributed by atoms with Crippen LogP contribution in [0.4, 0.5) is 0 Å². The summed E-state index contributed by atoms with van der Waals surface area (Å²) < 4.78 is 2.40. The van der Waals surface area contributed by atoms with Gasteiger partial charge in [0.1, 0.15) is 5.01 Å². The van der Waals surface area contributed by atoms with E-state index in [0.717, 1.165) is 9.99 Å². The van der Waals surface area contributed by atoms with E-state index in [4.69, 9.17) is 4.98 Å². The van der Waals surface area contributed by atoms with Crippen LogP contribution in [0.15, 0.2) is 22.7 Å². The molecule has 0 bridgehead atoms. The summed E-state index contributed by atoms with van der Waals surface area (Å²) in [6.07, 6.45) is 2.54. The monoisotopic (exact) mass is 296 g/mol.